The lowest BCUT2D eigenvalue weighted by Gasteiger charge is -2.32. The molecule has 1 atom stereocenters. The van der Waals surface area contributed by atoms with Gasteiger partial charge in [-0.15, -0.1) is 0 Å². The molecule has 1 rings (SSSR count). The van der Waals surface area contributed by atoms with E-state index in [0.717, 1.165) is 0 Å². The van der Waals surface area contributed by atoms with Crippen molar-refractivity contribution >= 4 is 19.3 Å². The van der Waals surface area contributed by atoms with Crippen LogP contribution in [0.2, 0.25) is 0 Å². The zero-order valence-electron chi connectivity index (χ0n) is 13.7. The molecular weight excluding hydrogens is 271 g/mol. The molecule has 118 valence electrons. The minimum absolute atomic E-state index is 0.329. The summed E-state index contributed by atoms with van der Waals surface area (Å²) in [5.41, 5.74) is 5.29. The minimum atomic E-state index is -0.599. The highest BCUT2D eigenvalue weighted by Gasteiger charge is 2.52. The summed E-state index contributed by atoms with van der Waals surface area (Å²) < 4.78 is 16.7. The first kappa shape index (κ1) is 17.7. The second-order valence-electron chi connectivity index (χ2n) is 5.96. The van der Waals surface area contributed by atoms with Crippen LogP contribution < -0.4 is 5.73 Å². The van der Waals surface area contributed by atoms with Crippen LogP contribution in [0.3, 0.4) is 0 Å². The lowest BCUT2D eigenvalue weighted by Crippen LogP contribution is -2.41. The third-order valence-corrected chi connectivity index (χ3v) is 3.79. The molecule has 0 saturated carbocycles. The Morgan fingerprint density at radius 3 is 2.29 bits per heavy atom. The number of aliphatic imine (C=N–C) groups is 1. The van der Waals surface area contributed by atoms with Gasteiger partial charge in [-0.25, -0.2) is 4.79 Å². The van der Waals surface area contributed by atoms with Gasteiger partial charge in [-0.05, 0) is 47.7 Å². The summed E-state index contributed by atoms with van der Waals surface area (Å²) in [5.74, 6) is -0.376. The maximum Gasteiger partial charge on any atom is 0.497 e. The lowest BCUT2D eigenvalue weighted by atomic mass is 9.79. The number of ether oxygens (including phenoxy) is 1. The van der Waals surface area contributed by atoms with Crippen molar-refractivity contribution < 1.29 is 18.8 Å². The Hall–Kier alpha value is -1.34. The van der Waals surface area contributed by atoms with E-state index in [9.17, 15) is 4.79 Å². The van der Waals surface area contributed by atoms with E-state index in [0.29, 0.717) is 12.1 Å². The van der Waals surface area contributed by atoms with Gasteiger partial charge in [-0.1, -0.05) is 0 Å². The van der Waals surface area contributed by atoms with E-state index in [2.05, 4.69) is 4.99 Å². The Balaban J connectivity index is 2.76. The standard InChI is InChI=1S/C14H25BN2O4/c1-7-19-12(18)10(2)17-9-11(8-16)15-20-13(3,4)14(5,6)21-15/h8-10H,7,16H2,1-6H3. The second-order valence-corrected chi connectivity index (χ2v) is 5.96. The number of rotatable bonds is 5. The van der Waals surface area contributed by atoms with Gasteiger partial charge < -0.3 is 19.8 Å². The van der Waals surface area contributed by atoms with Gasteiger partial charge in [0, 0.05) is 11.7 Å². The number of carbonyl (C=O) groups excluding carboxylic acids is 1. The SMILES string of the molecule is CCOC(=O)C(C)N=CC(=CN)B1OC(C)(C)C(C)(C)O1. The van der Waals surface area contributed by atoms with Gasteiger partial charge in [-0.2, -0.15) is 0 Å². The lowest BCUT2D eigenvalue weighted by molar-refractivity contribution is -0.144. The Labute approximate surface area is 126 Å². The van der Waals surface area contributed by atoms with E-state index in [1.54, 1.807) is 13.8 Å². The van der Waals surface area contributed by atoms with Crippen LogP contribution in [-0.2, 0) is 18.8 Å². The molecule has 1 aliphatic heterocycles. The molecular formula is C14H25BN2O4. The van der Waals surface area contributed by atoms with Crippen LogP contribution in [0.4, 0.5) is 0 Å². The molecule has 1 aliphatic rings. The molecule has 1 fully saturated rings. The summed E-state index contributed by atoms with van der Waals surface area (Å²) >= 11 is 0. The molecule has 0 aromatic heterocycles. The van der Waals surface area contributed by atoms with Crippen molar-refractivity contribution in [1.29, 1.82) is 0 Å². The number of hydrogen-bond acceptors (Lipinski definition) is 6. The zero-order valence-corrected chi connectivity index (χ0v) is 13.7. The van der Waals surface area contributed by atoms with Gasteiger partial charge in [0.25, 0.3) is 0 Å². The van der Waals surface area contributed by atoms with E-state index in [4.69, 9.17) is 19.8 Å². The number of hydrogen-bond donors (Lipinski definition) is 1. The smallest absolute Gasteiger partial charge is 0.464 e. The van der Waals surface area contributed by atoms with Crippen LogP contribution in [0.15, 0.2) is 16.7 Å². The van der Waals surface area contributed by atoms with Gasteiger partial charge in [0.15, 0.2) is 0 Å². The van der Waals surface area contributed by atoms with Crippen molar-refractivity contribution in [3.63, 3.8) is 0 Å². The molecule has 2 N–H and O–H groups in total. The first-order valence-electron chi connectivity index (χ1n) is 7.12. The molecule has 0 aromatic rings. The van der Waals surface area contributed by atoms with Gasteiger partial charge in [0.1, 0.15) is 6.04 Å². The van der Waals surface area contributed by atoms with Crippen molar-refractivity contribution in [2.75, 3.05) is 6.61 Å². The minimum Gasteiger partial charge on any atom is -0.464 e. The van der Waals surface area contributed by atoms with Gasteiger partial charge in [-0.3, -0.25) is 4.99 Å². The van der Waals surface area contributed by atoms with Crippen LogP contribution in [0, 0.1) is 0 Å². The van der Waals surface area contributed by atoms with E-state index in [-0.39, 0.29) is 5.97 Å². The molecule has 0 bridgehead atoms. The first-order chi connectivity index (χ1) is 9.64. The number of nitrogens with zero attached hydrogens (tertiary/aromatic N) is 1. The second kappa shape index (κ2) is 6.62. The summed E-state index contributed by atoms with van der Waals surface area (Å²) in [7, 11) is -0.599. The van der Waals surface area contributed by atoms with Crippen LogP contribution in [0.1, 0.15) is 41.5 Å². The molecule has 1 unspecified atom stereocenters. The van der Waals surface area contributed by atoms with Crippen molar-refractivity contribution in [3.8, 4) is 0 Å². The van der Waals surface area contributed by atoms with Crippen molar-refractivity contribution in [3.05, 3.63) is 11.7 Å². The van der Waals surface area contributed by atoms with Crippen molar-refractivity contribution in [2.24, 2.45) is 10.7 Å². The third-order valence-electron chi connectivity index (χ3n) is 3.79. The topological polar surface area (TPSA) is 83.1 Å². The fourth-order valence-electron chi connectivity index (χ4n) is 1.68. The number of esters is 1. The quantitative estimate of drug-likeness (QED) is 0.472. The van der Waals surface area contributed by atoms with Gasteiger partial charge >= 0.3 is 13.1 Å². The van der Waals surface area contributed by atoms with Gasteiger partial charge in [0.2, 0.25) is 0 Å². The fourth-order valence-corrected chi connectivity index (χ4v) is 1.68. The predicted octanol–water partition coefficient (Wildman–Crippen LogP) is 1.48. The summed E-state index contributed by atoms with van der Waals surface area (Å²) in [6.45, 7) is 11.6. The molecule has 6 nitrogen and oxygen atoms in total. The summed E-state index contributed by atoms with van der Waals surface area (Å²) in [5, 5.41) is 0. The van der Waals surface area contributed by atoms with Crippen LogP contribution in [0.25, 0.3) is 0 Å². The molecule has 0 amide bonds. The van der Waals surface area contributed by atoms with Crippen LogP contribution in [0.5, 0.6) is 0 Å². The average Bonchev–Trinajstić information content (AvgIpc) is 2.59. The highest BCUT2D eigenvalue weighted by Crippen LogP contribution is 2.38. The maximum absolute atomic E-state index is 11.5. The van der Waals surface area contributed by atoms with Gasteiger partial charge in [0.05, 0.1) is 17.8 Å². The summed E-state index contributed by atoms with van der Waals surface area (Å²) in [6.07, 6.45) is 2.88. The van der Waals surface area contributed by atoms with E-state index in [1.807, 2.05) is 27.7 Å². The van der Waals surface area contributed by atoms with Crippen molar-refractivity contribution in [2.45, 2.75) is 58.8 Å². The molecule has 1 saturated heterocycles. The Morgan fingerprint density at radius 2 is 1.86 bits per heavy atom. The third kappa shape index (κ3) is 4.08. The Bertz CT molecular complexity index is 430. The molecule has 7 heteroatoms. The van der Waals surface area contributed by atoms with E-state index in [1.165, 1.54) is 12.4 Å². The Morgan fingerprint density at radius 1 is 1.33 bits per heavy atom. The predicted molar refractivity (Wildman–Crippen MR) is 82.9 cm³/mol. The average molecular weight is 296 g/mol. The molecule has 0 aromatic carbocycles. The van der Waals surface area contributed by atoms with E-state index >= 15 is 0 Å². The summed E-state index contributed by atoms with van der Waals surface area (Å²) in [6, 6.07) is -0.595. The highest BCUT2D eigenvalue weighted by atomic mass is 16.7. The highest BCUT2D eigenvalue weighted by molar-refractivity contribution is 6.60. The monoisotopic (exact) mass is 296 g/mol. The molecule has 1 heterocycles. The number of nitrogens with two attached hydrogens (primary N) is 1. The zero-order chi connectivity index (χ0) is 16.3. The van der Waals surface area contributed by atoms with E-state index < -0.39 is 24.4 Å². The largest absolute Gasteiger partial charge is 0.497 e. The molecule has 0 aliphatic carbocycles. The summed E-state index contributed by atoms with van der Waals surface area (Å²) in [4.78, 5) is 15.7. The number of carbonyl (C=O) groups is 1. The van der Waals surface area contributed by atoms with Crippen molar-refractivity contribution in [1.82, 2.24) is 0 Å². The van der Waals surface area contributed by atoms with Crippen LogP contribution >= 0.6 is 0 Å². The van der Waals surface area contributed by atoms with Crippen LogP contribution in [-0.4, -0.2) is 43.2 Å². The Kier molecular flexibility index (Phi) is 5.58. The first-order valence-corrected chi connectivity index (χ1v) is 7.12. The molecule has 0 radical (unpaired) electrons. The maximum atomic E-state index is 11.5. The molecule has 0 spiro atoms. The molecule has 21 heavy (non-hydrogen) atoms. The number of allylic oxidation sites excluding steroid dienone is 1. The fraction of sp³-hybridized carbons (Fsp3) is 0.714. The normalized spacial score (nSPS) is 22.6.